The number of hydrogen-bond acceptors (Lipinski definition) is 7. The van der Waals surface area contributed by atoms with Crippen molar-refractivity contribution in [2.75, 3.05) is 53.6 Å². The number of para-hydroxylation sites is 1. The zero-order valence-corrected chi connectivity index (χ0v) is 19.3. The molecule has 0 spiro atoms. The molecule has 5 rings (SSSR count). The predicted octanol–water partition coefficient (Wildman–Crippen LogP) is 1.95. The molecule has 0 bridgehead atoms. The first kappa shape index (κ1) is 22.4. The molecule has 8 heteroatoms. The highest BCUT2D eigenvalue weighted by molar-refractivity contribution is 6.11. The first-order chi connectivity index (χ1) is 16.1. The molecule has 4 atom stereocenters. The molecular weight excluding hydrogens is 424 g/mol. The fourth-order valence-corrected chi connectivity index (χ4v) is 5.61. The van der Waals surface area contributed by atoms with Gasteiger partial charge in [-0.05, 0) is 18.9 Å². The molecule has 4 aliphatic rings. The Balaban J connectivity index is 1.49. The van der Waals surface area contributed by atoms with Gasteiger partial charge >= 0.3 is 0 Å². The van der Waals surface area contributed by atoms with Crippen LogP contribution in [-0.2, 0) is 23.8 Å². The van der Waals surface area contributed by atoms with Crippen LogP contribution < -0.4 is 4.74 Å². The second kappa shape index (κ2) is 9.44. The SMILES string of the molecule is COc1ccccc1C1C2=C(OC3CC(OC)CCC3C2=O)C(=O)N1CCN1CCOCC1. The minimum atomic E-state index is -0.502. The Morgan fingerprint density at radius 1 is 1.06 bits per heavy atom. The molecule has 1 aromatic carbocycles. The monoisotopic (exact) mass is 456 g/mol. The van der Waals surface area contributed by atoms with Gasteiger partial charge in [0.15, 0.2) is 11.5 Å². The van der Waals surface area contributed by atoms with Crippen LogP contribution in [0, 0.1) is 5.92 Å². The minimum absolute atomic E-state index is 0.0360. The molecular formula is C25H32N2O6. The van der Waals surface area contributed by atoms with E-state index in [4.69, 9.17) is 18.9 Å². The molecule has 0 aromatic heterocycles. The van der Waals surface area contributed by atoms with E-state index < -0.39 is 6.04 Å². The van der Waals surface area contributed by atoms with Crippen molar-refractivity contribution in [1.29, 1.82) is 0 Å². The van der Waals surface area contributed by atoms with E-state index in [0.717, 1.165) is 25.1 Å². The van der Waals surface area contributed by atoms with Crippen LogP contribution in [-0.4, -0.2) is 87.3 Å². The minimum Gasteiger partial charge on any atom is -0.496 e. The van der Waals surface area contributed by atoms with Crippen LogP contribution in [0.2, 0.25) is 0 Å². The number of fused-ring (bicyclic) bond motifs is 1. The number of benzene rings is 1. The Bertz CT molecular complexity index is 941. The lowest BCUT2D eigenvalue weighted by Gasteiger charge is -2.38. The molecule has 1 amide bonds. The number of ether oxygens (including phenoxy) is 4. The van der Waals surface area contributed by atoms with E-state index in [9.17, 15) is 9.59 Å². The summed E-state index contributed by atoms with van der Waals surface area (Å²) in [5.74, 6) is 0.475. The standard InChI is InChI=1S/C25H32N2O6/c1-30-16-7-8-18-20(15-16)33-24-21(23(18)28)22(17-5-3-4-6-19(17)31-2)27(25(24)29)10-9-26-11-13-32-14-12-26/h3-6,16,18,20,22H,7-15H2,1-2H3. The maximum Gasteiger partial charge on any atom is 0.290 e. The zero-order chi connectivity index (χ0) is 22.9. The third kappa shape index (κ3) is 4.05. The number of rotatable bonds is 6. The first-order valence-corrected chi connectivity index (χ1v) is 11.8. The summed E-state index contributed by atoms with van der Waals surface area (Å²) in [4.78, 5) is 31.5. The van der Waals surface area contributed by atoms with Crippen LogP contribution in [0.5, 0.6) is 5.75 Å². The number of Topliss-reactive ketones (excluding diaryl/α,β-unsaturated/α-hetero) is 1. The van der Waals surface area contributed by atoms with E-state index in [1.165, 1.54) is 0 Å². The molecule has 33 heavy (non-hydrogen) atoms. The molecule has 1 aromatic rings. The number of carbonyl (C=O) groups excluding carboxylic acids is 2. The molecule has 8 nitrogen and oxygen atoms in total. The normalized spacial score (nSPS) is 30.2. The average molecular weight is 457 g/mol. The summed E-state index contributed by atoms with van der Waals surface area (Å²) in [5.41, 5.74) is 1.31. The van der Waals surface area contributed by atoms with Gasteiger partial charge in [0.05, 0.1) is 44.0 Å². The van der Waals surface area contributed by atoms with Gasteiger partial charge in [-0.15, -0.1) is 0 Å². The van der Waals surface area contributed by atoms with Crippen molar-refractivity contribution < 1.29 is 28.5 Å². The third-order valence-electron chi connectivity index (χ3n) is 7.43. The quantitative estimate of drug-likeness (QED) is 0.648. The number of carbonyl (C=O) groups is 2. The van der Waals surface area contributed by atoms with Gasteiger partial charge in [-0.1, -0.05) is 18.2 Å². The predicted molar refractivity (Wildman–Crippen MR) is 120 cm³/mol. The molecule has 1 saturated heterocycles. The lowest BCUT2D eigenvalue weighted by molar-refractivity contribution is -0.138. The molecule has 178 valence electrons. The van der Waals surface area contributed by atoms with Crippen LogP contribution in [0.25, 0.3) is 0 Å². The Morgan fingerprint density at radius 2 is 1.85 bits per heavy atom. The Hall–Kier alpha value is -2.42. The zero-order valence-electron chi connectivity index (χ0n) is 19.3. The van der Waals surface area contributed by atoms with Crippen LogP contribution in [0.1, 0.15) is 30.9 Å². The van der Waals surface area contributed by atoms with Crippen molar-refractivity contribution in [3.05, 3.63) is 41.2 Å². The van der Waals surface area contributed by atoms with E-state index in [-0.39, 0.29) is 35.6 Å². The first-order valence-electron chi connectivity index (χ1n) is 11.8. The highest BCUT2D eigenvalue weighted by atomic mass is 16.5. The summed E-state index contributed by atoms with van der Waals surface area (Å²) in [5, 5.41) is 0. The Kier molecular flexibility index (Phi) is 6.40. The lowest BCUT2D eigenvalue weighted by Crippen LogP contribution is -2.43. The van der Waals surface area contributed by atoms with Gasteiger partial charge in [0.2, 0.25) is 0 Å². The largest absolute Gasteiger partial charge is 0.496 e. The van der Waals surface area contributed by atoms with Gasteiger partial charge in [0, 0.05) is 45.3 Å². The topological polar surface area (TPSA) is 77.5 Å². The molecule has 0 radical (unpaired) electrons. The molecule has 1 aliphatic carbocycles. The molecule has 3 heterocycles. The van der Waals surface area contributed by atoms with Crippen molar-refractivity contribution in [2.45, 2.75) is 37.5 Å². The van der Waals surface area contributed by atoms with Crippen molar-refractivity contribution in [2.24, 2.45) is 5.92 Å². The van der Waals surface area contributed by atoms with Gasteiger partial charge in [0.1, 0.15) is 11.9 Å². The fraction of sp³-hybridized carbons (Fsp3) is 0.600. The molecule has 2 fully saturated rings. The highest BCUT2D eigenvalue weighted by Gasteiger charge is 2.53. The third-order valence-corrected chi connectivity index (χ3v) is 7.43. The summed E-state index contributed by atoms with van der Waals surface area (Å²) in [6.45, 7) is 4.29. The molecule has 0 N–H and O–H groups in total. The van der Waals surface area contributed by atoms with Crippen molar-refractivity contribution in [1.82, 2.24) is 9.80 Å². The molecule has 4 unspecified atom stereocenters. The van der Waals surface area contributed by atoms with E-state index in [1.807, 2.05) is 24.3 Å². The van der Waals surface area contributed by atoms with Gasteiger partial charge in [-0.2, -0.15) is 0 Å². The number of methoxy groups -OCH3 is 2. The van der Waals surface area contributed by atoms with Crippen LogP contribution in [0.4, 0.5) is 0 Å². The van der Waals surface area contributed by atoms with Crippen molar-refractivity contribution >= 4 is 11.7 Å². The van der Waals surface area contributed by atoms with Crippen molar-refractivity contribution in [3.63, 3.8) is 0 Å². The summed E-state index contributed by atoms with van der Waals surface area (Å²) in [7, 11) is 3.30. The fourth-order valence-electron chi connectivity index (χ4n) is 5.61. The summed E-state index contributed by atoms with van der Waals surface area (Å²) >= 11 is 0. The highest BCUT2D eigenvalue weighted by Crippen LogP contribution is 2.48. The van der Waals surface area contributed by atoms with E-state index >= 15 is 0 Å². The Morgan fingerprint density at radius 3 is 2.61 bits per heavy atom. The summed E-state index contributed by atoms with van der Waals surface area (Å²) in [6, 6.07) is 7.13. The van der Waals surface area contributed by atoms with E-state index in [0.29, 0.717) is 50.5 Å². The average Bonchev–Trinajstić information content (AvgIpc) is 3.14. The summed E-state index contributed by atoms with van der Waals surface area (Å²) < 4.78 is 22.9. The smallest absolute Gasteiger partial charge is 0.290 e. The van der Waals surface area contributed by atoms with Gasteiger partial charge < -0.3 is 23.8 Å². The van der Waals surface area contributed by atoms with Crippen LogP contribution in [0.3, 0.4) is 0 Å². The van der Waals surface area contributed by atoms with Crippen molar-refractivity contribution in [3.8, 4) is 5.75 Å². The number of hydrogen-bond donors (Lipinski definition) is 0. The number of morpholine rings is 1. The van der Waals surface area contributed by atoms with Crippen LogP contribution >= 0.6 is 0 Å². The second-order valence-electron chi connectivity index (χ2n) is 9.14. The van der Waals surface area contributed by atoms with Gasteiger partial charge in [-0.25, -0.2) is 0 Å². The summed E-state index contributed by atoms with van der Waals surface area (Å²) in [6.07, 6.45) is 1.91. The number of nitrogens with zero attached hydrogens (tertiary/aromatic N) is 2. The lowest BCUT2D eigenvalue weighted by atomic mass is 9.76. The maximum absolute atomic E-state index is 13.8. The van der Waals surface area contributed by atoms with E-state index in [2.05, 4.69) is 4.90 Å². The molecule has 3 aliphatic heterocycles. The number of ketones is 1. The van der Waals surface area contributed by atoms with Gasteiger partial charge in [-0.3, -0.25) is 14.5 Å². The number of amides is 1. The van der Waals surface area contributed by atoms with Gasteiger partial charge in [0.25, 0.3) is 5.91 Å². The Labute approximate surface area is 194 Å². The maximum atomic E-state index is 13.8. The van der Waals surface area contributed by atoms with E-state index in [1.54, 1.807) is 19.1 Å². The molecule has 1 saturated carbocycles. The van der Waals surface area contributed by atoms with Crippen LogP contribution in [0.15, 0.2) is 35.6 Å². The second-order valence-corrected chi connectivity index (χ2v) is 9.14.